The molecule has 0 saturated carbocycles. The van der Waals surface area contributed by atoms with Crippen LogP contribution < -0.4 is 5.32 Å². The van der Waals surface area contributed by atoms with Crippen LogP contribution in [-0.4, -0.2) is 28.7 Å². The molecule has 0 aliphatic heterocycles. The predicted molar refractivity (Wildman–Crippen MR) is 84.9 cm³/mol. The van der Waals surface area contributed by atoms with Gasteiger partial charge in [-0.25, -0.2) is 4.79 Å². The predicted octanol–water partition coefficient (Wildman–Crippen LogP) is 2.42. The molecule has 0 heterocycles. The van der Waals surface area contributed by atoms with Crippen molar-refractivity contribution in [2.24, 2.45) is 0 Å². The summed E-state index contributed by atoms with van der Waals surface area (Å²) in [5.41, 5.74) is 0.429. The van der Waals surface area contributed by atoms with E-state index >= 15 is 0 Å². The van der Waals surface area contributed by atoms with Crippen LogP contribution in [0.1, 0.15) is 15.9 Å². The Bertz CT molecular complexity index is 845. The minimum absolute atomic E-state index is 0.179. The molecule has 0 bridgehead atoms. The second-order valence-electron chi connectivity index (χ2n) is 4.63. The average Bonchev–Trinajstić information content (AvgIpc) is 2.53. The third-order valence-electron chi connectivity index (χ3n) is 2.91. The highest BCUT2D eigenvalue weighted by Crippen LogP contribution is 2.23. The van der Waals surface area contributed by atoms with Crippen LogP contribution in [0.2, 0.25) is 5.02 Å². The third kappa shape index (κ3) is 4.15. The van der Waals surface area contributed by atoms with Gasteiger partial charge in [0, 0.05) is 11.8 Å². The van der Waals surface area contributed by atoms with Crippen molar-refractivity contribution in [3.63, 3.8) is 0 Å². The van der Waals surface area contributed by atoms with Crippen molar-refractivity contribution >= 4 is 29.2 Å². The van der Waals surface area contributed by atoms with Crippen LogP contribution in [0.15, 0.2) is 36.4 Å². The average molecular weight is 347 g/mol. The molecule has 0 unspecified atom stereocenters. The Morgan fingerprint density at radius 2 is 1.96 bits per heavy atom. The zero-order chi connectivity index (χ0) is 17.7. The number of benzene rings is 2. The first kappa shape index (κ1) is 17.1. The van der Waals surface area contributed by atoms with E-state index in [2.05, 4.69) is 5.32 Å². The first-order valence-electron chi connectivity index (χ1n) is 6.59. The molecule has 0 saturated heterocycles. The molecule has 0 aliphatic rings. The number of phenols is 2. The molecular weight excluding hydrogens is 336 g/mol. The smallest absolute Gasteiger partial charge is 0.342 e. The van der Waals surface area contributed by atoms with Gasteiger partial charge in [-0.05, 0) is 30.3 Å². The number of hydrogen-bond acceptors (Lipinski definition) is 6. The fourth-order valence-corrected chi connectivity index (χ4v) is 2.00. The normalized spacial score (nSPS) is 9.83. The van der Waals surface area contributed by atoms with Crippen LogP contribution in [0.25, 0.3) is 0 Å². The minimum atomic E-state index is -0.916. The number of carbonyl (C=O) groups excluding carboxylic acids is 2. The summed E-state index contributed by atoms with van der Waals surface area (Å²) in [7, 11) is 0. The number of phenolic OH excluding ortho intramolecular Hbond substituents is 2. The Balaban J connectivity index is 1.94. The van der Waals surface area contributed by atoms with Crippen molar-refractivity contribution in [2.45, 2.75) is 0 Å². The second-order valence-corrected chi connectivity index (χ2v) is 5.04. The largest absolute Gasteiger partial charge is 0.508 e. The van der Waals surface area contributed by atoms with Crippen molar-refractivity contribution in [3.05, 3.63) is 52.5 Å². The van der Waals surface area contributed by atoms with E-state index in [0.29, 0.717) is 5.69 Å². The summed E-state index contributed by atoms with van der Waals surface area (Å²) in [5, 5.41) is 30.1. The summed E-state index contributed by atoms with van der Waals surface area (Å²) in [6, 6.07) is 9.56. The summed E-state index contributed by atoms with van der Waals surface area (Å²) in [6.07, 6.45) is 0. The van der Waals surface area contributed by atoms with E-state index in [4.69, 9.17) is 26.7 Å². The standard InChI is InChI=1S/C16H11ClN2O5/c17-13-5-10(2-1-9(13)7-18)19-15(22)8-24-16(23)12-4-3-11(20)6-14(12)21/h1-6,20-21H,8H2,(H,19,22). The van der Waals surface area contributed by atoms with Gasteiger partial charge in [-0.2, -0.15) is 5.26 Å². The van der Waals surface area contributed by atoms with Crippen molar-refractivity contribution in [3.8, 4) is 17.6 Å². The van der Waals surface area contributed by atoms with Crippen molar-refractivity contribution < 1.29 is 24.5 Å². The van der Waals surface area contributed by atoms with Gasteiger partial charge >= 0.3 is 5.97 Å². The van der Waals surface area contributed by atoms with E-state index in [-0.39, 0.29) is 21.9 Å². The molecule has 0 aliphatic carbocycles. The number of amides is 1. The quantitative estimate of drug-likeness (QED) is 0.731. The van der Waals surface area contributed by atoms with Gasteiger partial charge in [0.15, 0.2) is 6.61 Å². The lowest BCUT2D eigenvalue weighted by molar-refractivity contribution is -0.119. The fourth-order valence-electron chi connectivity index (χ4n) is 1.78. The Hall–Kier alpha value is -3.24. The Kier molecular flexibility index (Phi) is 5.24. The first-order valence-corrected chi connectivity index (χ1v) is 6.97. The Labute approximate surface area is 141 Å². The lowest BCUT2D eigenvalue weighted by Gasteiger charge is -2.08. The van der Waals surface area contributed by atoms with Gasteiger partial charge in [0.05, 0.1) is 10.6 Å². The van der Waals surface area contributed by atoms with E-state index in [0.717, 1.165) is 6.07 Å². The van der Waals surface area contributed by atoms with E-state index in [1.807, 2.05) is 6.07 Å². The van der Waals surface area contributed by atoms with Gasteiger partial charge in [-0.15, -0.1) is 0 Å². The molecule has 0 spiro atoms. The number of aromatic hydroxyl groups is 2. The number of carbonyl (C=O) groups is 2. The molecule has 8 heteroatoms. The summed E-state index contributed by atoms with van der Waals surface area (Å²) < 4.78 is 4.78. The molecule has 3 N–H and O–H groups in total. The highest BCUT2D eigenvalue weighted by molar-refractivity contribution is 6.32. The maximum atomic E-state index is 11.8. The van der Waals surface area contributed by atoms with Crippen LogP contribution in [0.3, 0.4) is 0 Å². The second kappa shape index (κ2) is 7.35. The van der Waals surface area contributed by atoms with Gasteiger partial charge < -0.3 is 20.3 Å². The maximum absolute atomic E-state index is 11.8. The lowest BCUT2D eigenvalue weighted by atomic mass is 10.2. The topological polar surface area (TPSA) is 120 Å². The van der Waals surface area contributed by atoms with Gasteiger partial charge in [0.2, 0.25) is 0 Å². The third-order valence-corrected chi connectivity index (χ3v) is 3.22. The minimum Gasteiger partial charge on any atom is -0.508 e. The molecule has 2 rings (SSSR count). The first-order chi connectivity index (χ1) is 11.4. The van der Waals surface area contributed by atoms with Crippen molar-refractivity contribution in [1.29, 1.82) is 5.26 Å². The van der Waals surface area contributed by atoms with Gasteiger partial charge in [0.25, 0.3) is 5.91 Å². The zero-order valence-electron chi connectivity index (χ0n) is 12.1. The summed E-state index contributed by atoms with van der Waals surface area (Å²) in [5.74, 6) is -2.21. The SMILES string of the molecule is N#Cc1ccc(NC(=O)COC(=O)c2ccc(O)cc2O)cc1Cl. The summed E-state index contributed by atoms with van der Waals surface area (Å²) in [6.45, 7) is -0.587. The number of nitriles is 1. The highest BCUT2D eigenvalue weighted by atomic mass is 35.5. The molecule has 122 valence electrons. The number of hydrogen-bond donors (Lipinski definition) is 3. The number of ether oxygens (including phenoxy) is 1. The van der Waals surface area contributed by atoms with Crippen LogP contribution in [0.5, 0.6) is 11.5 Å². The van der Waals surface area contributed by atoms with Gasteiger partial charge in [0.1, 0.15) is 23.1 Å². The molecule has 2 aromatic carbocycles. The lowest BCUT2D eigenvalue weighted by Crippen LogP contribution is -2.21. The van der Waals surface area contributed by atoms with E-state index in [9.17, 15) is 14.7 Å². The zero-order valence-corrected chi connectivity index (χ0v) is 12.9. The van der Waals surface area contributed by atoms with Crippen molar-refractivity contribution in [1.82, 2.24) is 0 Å². The molecule has 0 radical (unpaired) electrons. The Morgan fingerprint density at radius 3 is 2.58 bits per heavy atom. The number of esters is 1. The Morgan fingerprint density at radius 1 is 1.21 bits per heavy atom. The number of halogens is 1. The van der Waals surface area contributed by atoms with Gasteiger partial charge in [-0.3, -0.25) is 4.79 Å². The van der Waals surface area contributed by atoms with Gasteiger partial charge in [-0.1, -0.05) is 11.6 Å². The number of nitrogens with zero attached hydrogens (tertiary/aromatic N) is 1. The fraction of sp³-hybridized carbons (Fsp3) is 0.0625. The number of nitrogens with one attached hydrogen (secondary N) is 1. The molecule has 1 amide bonds. The van der Waals surface area contributed by atoms with E-state index in [1.54, 1.807) is 0 Å². The monoisotopic (exact) mass is 346 g/mol. The van der Waals surface area contributed by atoms with Crippen LogP contribution >= 0.6 is 11.6 Å². The highest BCUT2D eigenvalue weighted by Gasteiger charge is 2.15. The molecule has 7 nitrogen and oxygen atoms in total. The van der Waals surface area contributed by atoms with Crippen molar-refractivity contribution in [2.75, 3.05) is 11.9 Å². The molecule has 0 atom stereocenters. The maximum Gasteiger partial charge on any atom is 0.342 e. The van der Waals surface area contributed by atoms with E-state index < -0.39 is 24.2 Å². The van der Waals surface area contributed by atoms with Crippen LogP contribution in [0, 0.1) is 11.3 Å². The molecule has 2 aromatic rings. The van der Waals surface area contributed by atoms with Crippen LogP contribution in [0.4, 0.5) is 5.69 Å². The molecule has 0 aromatic heterocycles. The summed E-state index contributed by atoms with van der Waals surface area (Å²) >= 11 is 5.84. The number of rotatable bonds is 4. The van der Waals surface area contributed by atoms with Crippen LogP contribution in [-0.2, 0) is 9.53 Å². The van der Waals surface area contributed by atoms with E-state index in [1.165, 1.54) is 30.3 Å². The number of anilines is 1. The summed E-state index contributed by atoms with van der Waals surface area (Å²) in [4.78, 5) is 23.5. The molecule has 24 heavy (non-hydrogen) atoms. The molecular formula is C16H11ClN2O5. The molecule has 0 fully saturated rings.